The molecule has 9 aromatic rings. The highest BCUT2D eigenvalue weighted by Gasteiger charge is 2.59. The molecule has 3 nitrogen and oxygen atoms in total. The van der Waals surface area contributed by atoms with E-state index in [1.54, 1.807) is 5.56 Å². The highest BCUT2D eigenvalue weighted by Crippen LogP contribution is 2.67. The maximum atomic E-state index is 6.81. The van der Waals surface area contributed by atoms with Gasteiger partial charge in [0.05, 0.1) is 0 Å². The fourth-order valence-corrected chi connectivity index (χ4v) is 17.7. The summed E-state index contributed by atoms with van der Waals surface area (Å²) >= 11 is 0. The summed E-state index contributed by atoms with van der Waals surface area (Å²) < 4.78 is 6.81. The molecule has 2 aliphatic heterocycles. The molecule has 408 valence electrons. The van der Waals surface area contributed by atoms with Crippen LogP contribution in [0.5, 0.6) is 0 Å². The molecular formula is C77H81BN2O. The van der Waals surface area contributed by atoms with E-state index in [-0.39, 0.29) is 50.5 Å². The van der Waals surface area contributed by atoms with Crippen molar-refractivity contribution in [2.75, 3.05) is 9.80 Å². The molecule has 3 atom stereocenters. The van der Waals surface area contributed by atoms with E-state index in [0.717, 1.165) is 34.0 Å². The van der Waals surface area contributed by atoms with E-state index in [1.165, 1.54) is 138 Å². The quantitative estimate of drug-likeness (QED) is 0.164. The molecule has 0 spiro atoms. The summed E-state index contributed by atoms with van der Waals surface area (Å²) in [5.41, 5.74) is 30.6. The fraction of sp³-hybridized carbons (Fsp3) is 0.377. The SMILES string of the molecule is Cc1cc2c3c(c1)N(c1cc4c(cc1C)C(C)(C)CCC4(C)C)c1cc4c(cc1B3c1ccc(C3c5ccc(C(C)(C)C)cc5C5(C)CCCCC35C)cc1N2c1ccc2c(c1)oc1ccccc12)C(C)(C)c1ccccc1C4(C)C. The van der Waals surface area contributed by atoms with Crippen LogP contribution in [0.2, 0.25) is 0 Å². The monoisotopic (exact) mass is 1060 g/mol. The number of anilines is 6. The van der Waals surface area contributed by atoms with Crippen molar-refractivity contribution >= 4 is 79.2 Å². The van der Waals surface area contributed by atoms with Gasteiger partial charge in [-0.25, -0.2) is 0 Å². The van der Waals surface area contributed by atoms with E-state index >= 15 is 0 Å². The first kappa shape index (κ1) is 51.1. The number of para-hydroxylation sites is 1. The van der Waals surface area contributed by atoms with Gasteiger partial charge < -0.3 is 14.2 Å². The first-order valence-corrected chi connectivity index (χ1v) is 30.7. The average Bonchev–Trinajstić information content (AvgIpc) is 3.01. The Labute approximate surface area is 483 Å². The molecule has 0 radical (unpaired) electrons. The van der Waals surface area contributed by atoms with Crippen LogP contribution in [0.4, 0.5) is 34.1 Å². The zero-order chi connectivity index (χ0) is 56.5. The molecule has 1 aromatic heterocycles. The number of nitrogens with zero attached hydrogens (tertiary/aromatic N) is 2. The van der Waals surface area contributed by atoms with Crippen molar-refractivity contribution in [1.29, 1.82) is 0 Å². The van der Waals surface area contributed by atoms with Crippen LogP contribution in [0.1, 0.15) is 201 Å². The van der Waals surface area contributed by atoms with Gasteiger partial charge in [-0.2, -0.15) is 0 Å². The van der Waals surface area contributed by atoms with Crippen molar-refractivity contribution in [1.82, 2.24) is 0 Å². The molecule has 1 saturated carbocycles. The van der Waals surface area contributed by atoms with Crippen molar-refractivity contribution in [3.63, 3.8) is 0 Å². The number of hydrogen-bond acceptors (Lipinski definition) is 3. The van der Waals surface area contributed by atoms with Gasteiger partial charge in [-0.3, -0.25) is 0 Å². The Bertz CT molecular complexity index is 4210. The van der Waals surface area contributed by atoms with E-state index < -0.39 is 0 Å². The Kier molecular flexibility index (Phi) is 10.4. The highest BCUT2D eigenvalue weighted by atomic mass is 16.3. The fourth-order valence-electron chi connectivity index (χ4n) is 17.7. The first-order valence-electron chi connectivity index (χ1n) is 30.7. The third kappa shape index (κ3) is 6.83. The number of hydrogen-bond donors (Lipinski definition) is 0. The lowest BCUT2D eigenvalue weighted by Gasteiger charge is -2.50. The molecule has 3 heterocycles. The van der Waals surface area contributed by atoms with Crippen LogP contribution in [0.25, 0.3) is 21.9 Å². The predicted molar refractivity (Wildman–Crippen MR) is 344 cm³/mol. The Morgan fingerprint density at radius 1 is 0.481 bits per heavy atom. The zero-order valence-corrected chi connectivity index (χ0v) is 51.0. The number of furan rings is 1. The molecule has 0 saturated heterocycles. The topological polar surface area (TPSA) is 19.6 Å². The second-order valence-corrected chi connectivity index (χ2v) is 30.1. The minimum atomic E-state index is -0.227. The molecule has 0 N–H and O–H groups in total. The normalized spacial score (nSPS) is 23.0. The van der Waals surface area contributed by atoms with Crippen molar-refractivity contribution in [3.05, 3.63) is 206 Å². The highest BCUT2D eigenvalue weighted by molar-refractivity contribution is 7.00. The van der Waals surface area contributed by atoms with Crippen LogP contribution in [0, 0.1) is 19.3 Å². The van der Waals surface area contributed by atoms with Gasteiger partial charge in [-0.15, -0.1) is 0 Å². The number of aryl methyl sites for hydroxylation is 2. The van der Waals surface area contributed by atoms with Crippen LogP contribution in [-0.4, -0.2) is 6.71 Å². The molecule has 4 heteroatoms. The third-order valence-corrected chi connectivity index (χ3v) is 22.7. The largest absolute Gasteiger partial charge is 0.456 e. The molecule has 4 aliphatic carbocycles. The maximum Gasteiger partial charge on any atom is 0.252 e. The minimum absolute atomic E-state index is 0.0347. The van der Waals surface area contributed by atoms with E-state index in [0.29, 0.717) is 0 Å². The zero-order valence-electron chi connectivity index (χ0n) is 51.0. The standard InChI is InChI=1S/C77H81BN2O/c1-45-36-65-70-66(37-45)80(62-43-57-56(38-46(62)2)72(6,7)34-35-73(57,8)9)64-44-59-58(74(10,11)53-23-17-18-24-54(53)75(59,12)13)42-61(64)78(70)60-31-26-47(39-63(60)79(65)49-28-30-51-50-22-16-19-25-67(50)81-68(51)41-49)69-52-29-27-48(71(3,4)5)40-55(52)76(14)32-20-21-33-77(69,76)15/h16-19,22-31,36-44,69H,20-21,32-35H2,1-15H3. The minimum Gasteiger partial charge on any atom is -0.456 e. The summed E-state index contributed by atoms with van der Waals surface area (Å²) in [5.74, 6) is 0.247. The molecule has 6 aliphatic rings. The van der Waals surface area contributed by atoms with E-state index in [1.807, 2.05) is 0 Å². The van der Waals surface area contributed by atoms with Gasteiger partial charge in [-0.05, 0) is 198 Å². The predicted octanol–water partition coefficient (Wildman–Crippen LogP) is 18.9. The van der Waals surface area contributed by atoms with Gasteiger partial charge in [0.2, 0.25) is 0 Å². The van der Waals surface area contributed by atoms with Gasteiger partial charge in [0.1, 0.15) is 11.2 Å². The van der Waals surface area contributed by atoms with Gasteiger partial charge in [0.15, 0.2) is 0 Å². The van der Waals surface area contributed by atoms with Crippen molar-refractivity contribution in [3.8, 4) is 0 Å². The van der Waals surface area contributed by atoms with Crippen LogP contribution in [0.3, 0.4) is 0 Å². The molecule has 3 unspecified atom stereocenters. The van der Waals surface area contributed by atoms with Gasteiger partial charge in [0.25, 0.3) is 6.71 Å². The van der Waals surface area contributed by atoms with E-state index in [2.05, 4.69) is 253 Å². The van der Waals surface area contributed by atoms with Crippen LogP contribution < -0.4 is 26.2 Å². The number of fused-ring (bicyclic) bond motifs is 13. The Balaban J connectivity index is 1.04. The number of rotatable bonds is 3. The van der Waals surface area contributed by atoms with Gasteiger partial charge in [-0.1, -0.05) is 188 Å². The lowest BCUT2D eigenvalue weighted by molar-refractivity contribution is 0.0923. The summed E-state index contributed by atoms with van der Waals surface area (Å²) in [7, 11) is 0. The first-order chi connectivity index (χ1) is 38.3. The Morgan fingerprint density at radius 2 is 1.10 bits per heavy atom. The summed E-state index contributed by atoms with van der Waals surface area (Å²) in [6, 6.07) is 56.0. The molecular weight excluding hydrogens is 980 g/mol. The molecule has 1 fully saturated rings. The smallest absolute Gasteiger partial charge is 0.252 e. The van der Waals surface area contributed by atoms with Crippen molar-refractivity contribution in [2.45, 2.75) is 181 Å². The Hall–Kier alpha value is -6.78. The van der Waals surface area contributed by atoms with Crippen LogP contribution >= 0.6 is 0 Å². The van der Waals surface area contributed by atoms with Crippen molar-refractivity contribution < 1.29 is 4.42 Å². The van der Waals surface area contributed by atoms with Gasteiger partial charge in [0, 0.05) is 67.7 Å². The second kappa shape index (κ2) is 16.5. The van der Waals surface area contributed by atoms with E-state index in [9.17, 15) is 0 Å². The molecule has 15 rings (SSSR count). The lowest BCUT2D eigenvalue weighted by Crippen LogP contribution is -2.62. The molecule has 81 heavy (non-hydrogen) atoms. The third-order valence-electron chi connectivity index (χ3n) is 22.7. The average molecular weight is 1060 g/mol. The van der Waals surface area contributed by atoms with Crippen LogP contribution in [0.15, 0.2) is 144 Å². The second-order valence-electron chi connectivity index (χ2n) is 30.1. The van der Waals surface area contributed by atoms with E-state index in [4.69, 9.17) is 4.42 Å². The van der Waals surface area contributed by atoms with Gasteiger partial charge >= 0.3 is 0 Å². The summed E-state index contributed by atoms with van der Waals surface area (Å²) in [5, 5.41) is 2.31. The maximum absolute atomic E-state index is 6.81. The molecule has 8 aromatic carbocycles. The summed E-state index contributed by atoms with van der Waals surface area (Å²) in [6.07, 6.45) is 7.33. The van der Waals surface area contributed by atoms with Crippen LogP contribution in [-0.2, 0) is 32.5 Å². The molecule has 0 bridgehead atoms. The lowest BCUT2D eigenvalue weighted by atomic mass is 9.33. The number of benzene rings is 8. The van der Waals surface area contributed by atoms with Crippen molar-refractivity contribution in [2.24, 2.45) is 5.41 Å². The summed E-state index contributed by atoms with van der Waals surface area (Å²) in [6.45, 7) is 36.9. The summed E-state index contributed by atoms with van der Waals surface area (Å²) in [4.78, 5) is 5.39. The molecule has 0 amide bonds. The Morgan fingerprint density at radius 3 is 1.81 bits per heavy atom.